The van der Waals surface area contributed by atoms with E-state index in [0.29, 0.717) is 15.0 Å². The van der Waals surface area contributed by atoms with Crippen LogP contribution in [0.15, 0.2) is 89.5 Å². The van der Waals surface area contributed by atoms with Crippen LogP contribution in [0.1, 0.15) is 5.56 Å². The number of hydrogen-bond donors (Lipinski definition) is 0. The number of halogens is 1. The zero-order chi connectivity index (χ0) is 16.4. The first-order valence-corrected chi connectivity index (χ1v) is 10.4. The molecule has 0 aliphatic heterocycles. The van der Waals surface area contributed by atoms with Crippen LogP contribution >= 0.6 is 15.9 Å². The predicted octanol–water partition coefficient (Wildman–Crippen LogP) is 4.11. The summed E-state index contributed by atoms with van der Waals surface area (Å²) in [5, 5.41) is 1.35. The SMILES string of the molecule is Brc1ccc2c(c1)c([Se]c1ccccc1)cn2Cc1ccccc1. The van der Waals surface area contributed by atoms with Gasteiger partial charge in [-0.2, -0.15) is 0 Å². The minimum atomic E-state index is 0.308. The molecule has 0 radical (unpaired) electrons. The summed E-state index contributed by atoms with van der Waals surface area (Å²) in [6.07, 6.45) is 2.33. The number of benzene rings is 3. The van der Waals surface area contributed by atoms with Crippen molar-refractivity contribution in [1.29, 1.82) is 0 Å². The standard InChI is InChI=1S/C21H16BrNSe/c22-17-11-12-20-19(13-17)21(24-18-9-5-2-6-10-18)15-23(20)14-16-7-3-1-4-8-16/h1-13,15H,14H2. The number of aromatic nitrogens is 1. The van der Waals surface area contributed by atoms with Gasteiger partial charge >= 0.3 is 157 Å². The summed E-state index contributed by atoms with van der Waals surface area (Å²) in [6, 6.07) is 28.0. The molecule has 1 nitrogen and oxygen atoms in total. The van der Waals surface area contributed by atoms with Crippen molar-refractivity contribution in [3.05, 3.63) is 95.1 Å². The predicted molar refractivity (Wildman–Crippen MR) is 107 cm³/mol. The van der Waals surface area contributed by atoms with E-state index in [9.17, 15) is 0 Å². The Labute approximate surface area is 156 Å². The third-order valence-electron chi connectivity index (χ3n) is 3.97. The van der Waals surface area contributed by atoms with Crippen LogP contribution in [0.2, 0.25) is 0 Å². The van der Waals surface area contributed by atoms with Crippen LogP contribution in [-0.4, -0.2) is 19.5 Å². The van der Waals surface area contributed by atoms with Crippen molar-refractivity contribution in [3.8, 4) is 0 Å². The molecular formula is C21H16BrNSe. The Kier molecular flexibility index (Phi) is 4.57. The van der Waals surface area contributed by atoms with Gasteiger partial charge in [0.2, 0.25) is 0 Å². The molecule has 118 valence electrons. The molecule has 0 bridgehead atoms. The van der Waals surface area contributed by atoms with Gasteiger partial charge < -0.3 is 0 Å². The Bertz CT molecular complexity index is 961. The molecule has 0 aliphatic carbocycles. The molecule has 0 atom stereocenters. The molecule has 3 heteroatoms. The van der Waals surface area contributed by atoms with E-state index in [0.717, 1.165) is 11.0 Å². The summed E-state index contributed by atoms with van der Waals surface area (Å²) >= 11 is 3.93. The van der Waals surface area contributed by atoms with Crippen molar-refractivity contribution < 1.29 is 0 Å². The number of rotatable bonds is 4. The van der Waals surface area contributed by atoms with Crippen molar-refractivity contribution in [2.24, 2.45) is 0 Å². The van der Waals surface area contributed by atoms with Gasteiger partial charge in [-0.05, 0) is 0 Å². The van der Waals surface area contributed by atoms with Crippen LogP contribution in [0, 0.1) is 0 Å². The van der Waals surface area contributed by atoms with E-state index in [4.69, 9.17) is 0 Å². The van der Waals surface area contributed by atoms with E-state index in [2.05, 4.69) is 106 Å². The van der Waals surface area contributed by atoms with Gasteiger partial charge in [-0.15, -0.1) is 0 Å². The van der Waals surface area contributed by atoms with Gasteiger partial charge in [0.1, 0.15) is 0 Å². The van der Waals surface area contributed by atoms with Gasteiger partial charge in [-0.1, -0.05) is 0 Å². The van der Waals surface area contributed by atoms with E-state index in [-0.39, 0.29) is 0 Å². The molecule has 0 saturated carbocycles. The zero-order valence-corrected chi connectivity index (χ0v) is 16.3. The summed E-state index contributed by atoms with van der Waals surface area (Å²) in [6.45, 7) is 0.907. The fourth-order valence-electron chi connectivity index (χ4n) is 2.84. The number of fused-ring (bicyclic) bond motifs is 1. The average molecular weight is 441 g/mol. The maximum absolute atomic E-state index is 3.63. The molecule has 0 saturated heterocycles. The second-order valence-electron chi connectivity index (χ2n) is 5.68. The van der Waals surface area contributed by atoms with Crippen molar-refractivity contribution in [2.45, 2.75) is 6.54 Å². The first-order valence-electron chi connectivity index (χ1n) is 7.85. The molecule has 0 amide bonds. The Balaban J connectivity index is 1.77. The second kappa shape index (κ2) is 6.98. The molecule has 4 aromatic rings. The molecule has 1 heterocycles. The van der Waals surface area contributed by atoms with Crippen LogP contribution in [0.25, 0.3) is 10.9 Å². The Morgan fingerprint density at radius 3 is 2.29 bits per heavy atom. The fraction of sp³-hybridized carbons (Fsp3) is 0.0476. The van der Waals surface area contributed by atoms with Crippen LogP contribution in [0.3, 0.4) is 0 Å². The molecule has 0 aliphatic rings. The molecule has 0 N–H and O–H groups in total. The van der Waals surface area contributed by atoms with E-state index in [1.165, 1.54) is 25.4 Å². The van der Waals surface area contributed by atoms with Crippen LogP contribution < -0.4 is 8.92 Å². The molecular weight excluding hydrogens is 425 g/mol. The molecule has 3 aromatic carbocycles. The first kappa shape index (κ1) is 15.7. The third-order valence-corrected chi connectivity index (χ3v) is 6.68. The first-order chi connectivity index (χ1) is 11.8. The second-order valence-corrected chi connectivity index (χ2v) is 8.94. The minimum absolute atomic E-state index is 0.308. The summed E-state index contributed by atoms with van der Waals surface area (Å²) < 4.78 is 6.35. The van der Waals surface area contributed by atoms with Gasteiger partial charge in [0.15, 0.2) is 0 Å². The van der Waals surface area contributed by atoms with E-state index < -0.39 is 0 Å². The molecule has 24 heavy (non-hydrogen) atoms. The number of hydrogen-bond acceptors (Lipinski definition) is 0. The summed E-state index contributed by atoms with van der Waals surface area (Å²) in [7, 11) is 0. The van der Waals surface area contributed by atoms with E-state index in [1.54, 1.807) is 0 Å². The Morgan fingerprint density at radius 1 is 0.833 bits per heavy atom. The van der Waals surface area contributed by atoms with Crippen LogP contribution in [0.5, 0.6) is 0 Å². The van der Waals surface area contributed by atoms with Gasteiger partial charge in [0.05, 0.1) is 0 Å². The monoisotopic (exact) mass is 441 g/mol. The van der Waals surface area contributed by atoms with Gasteiger partial charge in [-0.3, -0.25) is 0 Å². The van der Waals surface area contributed by atoms with Gasteiger partial charge in [-0.25, -0.2) is 0 Å². The zero-order valence-electron chi connectivity index (χ0n) is 13.0. The van der Waals surface area contributed by atoms with Crippen molar-refractivity contribution in [3.63, 3.8) is 0 Å². The van der Waals surface area contributed by atoms with Crippen LogP contribution in [0.4, 0.5) is 0 Å². The Morgan fingerprint density at radius 2 is 1.54 bits per heavy atom. The average Bonchev–Trinajstić information content (AvgIpc) is 2.93. The molecule has 4 rings (SSSR count). The molecule has 0 spiro atoms. The van der Waals surface area contributed by atoms with Gasteiger partial charge in [0.25, 0.3) is 0 Å². The van der Waals surface area contributed by atoms with Crippen molar-refractivity contribution >= 4 is 50.7 Å². The van der Waals surface area contributed by atoms with Gasteiger partial charge in [0, 0.05) is 0 Å². The quantitative estimate of drug-likeness (QED) is 0.421. The van der Waals surface area contributed by atoms with E-state index in [1.807, 2.05) is 0 Å². The summed E-state index contributed by atoms with van der Waals surface area (Å²) in [4.78, 5) is 0. The van der Waals surface area contributed by atoms with Crippen molar-refractivity contribution in [2.75, 3.05) is 0 Å². The Hall–Kier alpha value is -1.80. The molecule has 1 aromatic heterocycles. The summed E-state index contributed by atoms with van der Waals surface area (Å²) in [5.41, 5.74) is 2.63. The molecule has 0 fully saturated rings. The van der Waals surface area contributed by atoms with E-state index >= 15 is 0 Å². The normalized spacial score (nSPS) is 11.0. The number of nitrogens with zero attached hydrogens (tertiary/aromatic N) is 1. The molecule has 0 unspecified atom stereocenters. The third kappa shape index (κ3) is 3.34. The summed E-state index contributed by atoms with van der Waals surface area (Å²) in [5.74, 6) is 0. The van der Waals surface area contributed by atoms with Crippen LogP contribution in [-0.2, 0) is 6.54 Å². The topological polar surface area (TPSA) is 4.93 Å². The fourth-order valence-corrected chi connectivity index (χ4v) is 5.30. The van der Waals surface area contributed by atoms with Crippen molar-refractivity contribution in [1.82, 2.24) is 4.57 Å². The maximum atomic E-state index is 3.63.